The van der Waals surface area contributed by atoms with Crippen molar-refractivity contribution in [2.75, 3.05) is 33.4 Å². The zero-order chi connectivity index (χ0) is 12.1. The van der Waals surface area contributed by atoms with Gasteiger partial charge >= 0.3 is 0 Å². The summed E-state index contributed by atoms with van der Waals surface area (Å²) in [5, 5.41) is 8.77. The van der Waals surface area contributed by atoms with Gasteiger partial charge in [-0.25, -0.2) is 0 Å². The fourth-order valence-corrected chi connectivity index (χ4v) is 2.17. The summed E-state index contributed by atoms with van der Waals surface area (Å²) < 4.78 is 5.49. The van der Waals surface area contributed by atoms with Crippen molar-refractivity contribution in [2.45, 2.75) is 19.3 Å². The zero-order valence-corrected chi connectivity index (χ0v) is 10.5. The fourth-order valence-electron chi connectivity index (χ4n) is 2.17. The van der Waals surface area contributed by atoms with Crippen molar-refractivity contribution < 1.29 is 9.84 Å². The summed E-state index contributed by atoms with van der Waals surface area (Å²) in [7, 11) is 2.10. The summed E-state index contributed by atoms with van der Waals surface area (Å²) in [5.74, 6) is 1.06. The van der Waals surface area contributed by atoms with Crippen LogP contribution in [-0.4, -0.2) is 43.4 Å². The van der Waals surface area contributed by atoms with Crippen LogP contribution >= 0.6 is 0 Å². The Morgan fingerprint density at radius 1 is 1.35 bits per heavy atom. The van der Waals surface area contributed by atoms with E-state index in [-0.39, 0.29) is 6.61 Å². The van der Waals surface area contributed by atoms with E-state index in [2.05, 4.69) is 30.1 Å². The van der Waals surface area contributed by atoms with Crippen molar-refractivity contribution in [3.8, 4) is 5.75 Å². The third-order valence-corrected chi connectivity index (χ3v) is 3.23. The standard InChI is InChI=1S/C14H21NO2/c1-15(7-2-9-16)8-5-12-3-4-14-13(11-12)6-10-17-14/h3-4,11,16H,2,5-10H2,1H3. The minimum atomic E-state index is 0.278. The minimum absolute atomic E-state index is 0.278. The number of aliphatic hydroxyl groups is 1. The predicted molar refractivity (Wildman–Crippen MR) is 68.5 cm³/mol. The van der Waals surface area contributed by atoms with Gasteiger partial charge in [-0.3, -0.25) is 0 Å². The Morgan fingerprint density at radius 2 is 2.24 bits per heavy atom. The van der Waals surface area contributed by atoms with Crippen LogP contribution in [0, 0.1) is 0 Å². The number of fused-ring (bicyclic) bond motifs is 1. The molecule has 0 aromatic heterocycles. The van der Waals surface area contributed by atoms with Crippen molar-refractivity contribution in [1.29, 1.82) is 0 Å². The average Bonchev–Trinajstić information content (AvgIpc) is 2.81. The quantitative estimate of drug-likeness (QED) is 0.810. The number of rotatable bonds is 6. The van der Waals surface area contributed by atoms with Gasteiger partial charge in [0.25, 0.3) is 0 Å². The summed E-state index contributed by atoms with van der Waals surface area (Å²) in [6.07, 6.45) is 2.97. The van der Waals surface area contributed by atoms with Gasteiger partial charge in [0, 0.05) is 26.1 Å². The maximum atomic E-state index is 8.77. The van der Waals surface area contributed by atoms with Crippen molar-refractivity contribution in [1.82, 2.24) is 4.90 Å². The van der Waals surface area contributed by atoms with E-state index in [9.17, 15) is 0 Å². The van der Waals surface area contributed by atoms with Gasteiger partial charge in [-0.05, 0) is 37.1 Å². The van der Waals surface area contributed by atoms with E-state index >= 15 is 0 Å². The highest BCUT2D eigenvalue weighted by Crippen LogP contribution is 2.25. The van der Waals surface area contributed by atoms with Crippen LogP contribution in [0.5, 0.6) is 5.75 Å². The summed E-state index contributed by atoms with van der Waals surface area (Å²) in [4.78, 5) is 2.26. The Morgan fingerprint density at radius 3 is 3.06 bits per heavy atom. The number of ether oxygens (including phenoxy) is 1. The Balaban J connectivity index is 1.83. The Labute approximate surface area is 103 Å². The first-order valence-electron chi connectivity index (χ1n) is 6.33. The Hall–Kier alpha value is -1.06. The Bertz CT molecular complexity index is 365. The van der Waals surface area contributed by atoms with E-state index < -0.39 is 0 Å². The fraction of sp³-hybridized carbons (Fsp3) is 0.571. The largest absolute Gasteiger partial charge is 0.493 e. The summed E-state index contributed by atoms with van der Waals surface area (Å²) in [6, 6.07) is 6.51. The number of aliphatic hydroxyl groups excluding tert-OH is 1. The van der Waals surface area contributed by atoms with Crippen molar-refractivity contribution in [3.63, 3.8) is 0 Å². The highest BCUT2D eigenvalue weighted by molar-refractivity contribution is 5.39. The lowest BCUT2D eigenvalue weighted by Crippen LogP contribution is -2.23. The van der Waals surface area contributed by atoms with Gasteiger partial charge < -0.3 is 14.7 Å². The lowest BCUT2D eigenvalue weighted by atomic mass is 10.1. The molecular weight excluding hydrogens is 214 g/mol. The maximum Gasteiger partial charge on any atom is 0.122 e. The lowest BCUT2D eigenvalue weighted by Gasteiger charge is -2.15. The van der Waals surface area contributed by atoms with Crippen LogP contribution in [0.4, 0.5) is 0 Å². The second kappa shape index (κ2) is 6.03. The van der Waals surface area contributed by atoms with Crippen LogP contribution in [0.2, 0.25) is 0 Å². The molecule has 3 nitrogen and oxygen atoms in total. The molecule has 0 aliphatic carbocycles. The minimum Gasteiger partial charge on any atom is -0.493 e. The predicted octanol–water partition coefficient (Wildman–Crippen LogP) is 1.48. The molecule has 0 amide bonds. The molecule has 94 valence electrons. The number of likely N-dealkylation sites (N-methyl/N-ethyl adjacent to an activating group) is 1. The lowest BCUT2D eigenvalue weighted by molar-refractivity contribution is 0.248. The van der Waals surface area contributed by atoms with Crippen LogP contribution in [0.1, 0.15) is 17.5 Å². The molecule has 0 saturated heterocycles. The third-order valence-electron chi connectivity index (χ3n) is 3.23. The Kier molecular flexibility index (Phi) is 4.40. The molecule has 1 aromatic carbocycles. The molecule has 17 heavy (non-hydrogen) atoms. The first-order valence-corrected chi connectivity index (χ1v) is 6.33. The summed E-state index contributed by atoms with van der Waals surface area (Å²) in [5.41, 5.74) is 2.73. The van der Waals surface area contributed by atoms with Gasteiger partial charge in [0.2, 0.25) is 0 Å². The SMILES string of the molecule is CN(CCCO)CCc1ccc2c(c1)CCO2. The molecule has 1 aromatic rings. The van der Waals surface area contributed by atoms with Crippen LogP contribution in [0.15, 0.2) is 18.2 Å². The zero-order valence-electron chi connectivity index (χ0n) is 10.5. The van der Waals surface area contributed by atoms with Crippen molar-refractivity contribution >= 4 is 0 Å². The number of hydrogen-bond donors (Lipinski definition) is 1. The van der Waals surface area contributed by atoms with E-state index in [4.69, 9.17) is 9.84 Å². The number of benzene rings is 1. The molecular formula is C14H21NO2. The molecule has 2 rings (SSSR count). The van der Waals surface area contributed by atoms with E-state index in [0.717, 1.165) is 44.7 Å². The molecule has 1 heterocycles. The summed E-state index contributed by atoms with van der Waals surface area (Å²) >= 11 is 0. The highest BCUT2D eigenvalue weighted by atomic mass is 16.5. The number of nitrogens with zero attached hydrogens (tertiary/aromatic N) is 1. The first kappa shape index (κ1) is 12.4. The van der Waals surface area contributed by atoms with Gasteiger partial charge in [-0.15, -0.1) is 0 Å². The van der Waals surface area contributed by atoms with Crippen LogP contribution in [-0.2, 0) is 12.8 Å². The topological polar surface area (TPSA) is 32.7 Å². The van der Waals surface area contributed by atoms with E-state index in [0.29, 0.717) is 0 Å². The molecule has 3 heteroatoms. The smallest absolute Gasteiger partial charge is 0.122 e. The van der Waals surface area contributed by atoms with E-state index in [1.54, 1.807) is 0 Å². The molecule has 0 unspecified atom stereocenters. The van der Waals surface area contributed by atoms with Gasteiger partial charge in [0.15, 0.2) is 0 Å². The summed E-state index contributed by atoms with van der Waals surface area (Å²) in [6.45, 7) is 3.11. The molecule has 1 aliphatic rings. The average molecular weight is 235 g/mol. The molecule has 0 spiro atoms. The highest BCUT2D eigenvalue weighted by Gasteiger charge is 2.11. The molecule has 1 N–H and O–H groups in total. The van der Waals surface area contributed by atoms with E-state index in [1.165, 1.54) is 11.1 Å². The van der Waals surface area contributed by atoms with Crippen LogP contribution in [0.3, 0.4) is 0 Å². The second-order valence-corrected chi connectivity index (χ2v) is 4.67. The van der Waals surface area contributed by atoms with E-state index in [1.807, 2.05) is 0 Å². The van der Waals surface area contributed by atoms with Gasteiger partial charge in [-0.1, -0.05) is 12.1 Å². The molecule has 0 atom stereocenters. The normalized spacial score (nSPS) is 13.8. The molecule has 0 bridgehead atoms. The van der Waals surface area contributed by atoms with Crippen LogP contribution in [0.25, 0.3) is 0 Å². The van der Waals surface area contributed by atoms with Crippen molar-refractivity contribution in [3.05, 3.63) is 29.3 Å². The van der Waals surface area contributed by atoms with Gasteiger partial charge in [-0.2, -0.15) is 0 Å². The third kappa shape index (κ3) is 3.45. The van der Waals surface area contributed by atoms with Crippen molar-refractivity contribution in [2.24, 2.45) is 0 Å². The monoisotopic (exact) mass is 235 g/mol. The molecule has 0 radical (unpaired) electrons. The molecule has 1 aliphatic heterocycles. The first-order chi connectivity index (χ1) is 8.29. The second-order valence-electron chi connectivity index (χ2n) is 4.67. The number of hydrogen-bond acceptors (Lipinski definition) is 3. The van der Waals surface area contributed by atoms with Gasteiger partial charge in [0.1, 0.15) is 5.75 Å². The molecule has 0 saturated carbocycles. The molecule has 0 fully saturated rings. The maximum absolute atomic E-state index is 8.77. The van der Waals surface area contributed by atoms with Gasteiger partial charge in [0.05, 0.1) is 6.61 Å². The van der Waals surface area contributed by atoms with Crippen LogP contribution < -0.4 is 4.74 Å².